The van der Waals surface area contributed by atoms with Crippen LogP contribution in [0.25, 0.3) is 0 Å². The van der Waals surface area contributed by atoms with Gasteiger partial charge in [0.05, 0.1) is 5.69 Å². The van der Waals surface area contributed by atoms with Gasteiger partial charge in [-0.1, -0.05) is 91.0 Å². The molecule has 0 radical (unpaired) electrons. The van der Waals surface area contributed by atoms with Crippen LogP contribution in [-0.4, -0.2) is 25.5 Å². The third-order valence-electron chi connectivity index (χ3n) is 7.21. The summed E-state index contributed by atoms with van der Waals surface area (Å²) >= 11 is 0. The molecule has 1 heterocycles. The van der Waals surface area contributed by atoms with Crippen molar-refractivity contribution in [3.63, 3.8) is 0 Å². The number of hydrogen-bond donors (Lipinski definition) is 1. The third-order valence-corrected chi connectivity index (χ3v) is 7.21. The highest BCUT2D eigenvalue weighted by atomic mass is 16.5. The Morgan fingerprint density at radius 1 is 0.769 bits per heavy atom. The van der Waals surface area contributed by atoms with E-state index in [1.807, 2.05) is 66.7 Å². The summed E-state index contributed by atoms with van der Waals surface area (Å²) in [6.45, 7) is 2.49. The van der Waals surface area contributed by atoms with Gasteiger partial charge in [0.25, 0.3) is 5.91 Å². The average molecular weight is 517 g/mol. The lowest BCUT2D eigenvalue weighted by Crippen LogP contribution is -2.30. The van der Waals surface area contributed by atoms with Gasteiger partial charge in [-0.15, -0.1) is 0 Å². The van der Waals surface area contributed by atoms with Gasteiger partial charge < -0.3 is 15.0 Å². The molecule has 0 bridgehead atoms. The minimum Gasteiger partial charge on any atom is -0.455 e. The first-order valence-corrected chi connectivity index (χ1v) is 13.9. The molecular weight excluding hydrogens is 480 g/mol. The lowest BCUT2D eigenvalue weighted by atomic mass is 9.88. The summed E-state index contributed by atoms with van der Waals surface area (Å²) in [5, 5.41) is 3.05. The molecule has 4 aromatic rings. The molecule has 4 heteroatoms. The zero-order valence-electron chi connectivity index (χ0n) is 22.3. The lowest BCUT2D eigenvalue weighted by molar-refractivity contribution is 0.0957. The van der Waals surface area contributed by atoms with Crippen molar-refractivity contribution in [2.45, 2.75) is 31.6 Å². The summed E-state index contributed by atoms with van der Waals surface area (Å²) in [6.07, 6.45) is 8.68. The van der Waals surface area contributed by atoms with Crippen LogP contribution in [0, 0.1) is 0 Å². The van der Waals surface area contributed by atoms with Crippen molar-refractivity contribution in [3.05, 3.63) is 138 Å². The summed E-state index contributed by atoms with van der Waals surface area (Å²) < 4.78 is 6.27. The normalized spacial score (nSPS) is 13.5. The molecule has 0 aromatic heterocycles. The highest BCUT2D eigenvalue weighted by Gasteiger charge is 2.18. The Morgan fingerprint density at radius 3 is 2.03 bits per heavy atom. The Bertz CT molecular complexity index is 1310. The number of rotatable bonds is 10. The quantitative estimate of drug-likeness (QED) is 0.217. The van der Waals surface area contributed by atoms with Crippen LogP contribution >= 0.6 is 0 Å². The van der Waals surface area contributed by atoms with E-state index in [1.54, 1.807) is 0 Å². The Balaban J connectivity index is 1.24. The van der Waals surface area contributed by atoms with E-state index in [-0.39, 0.29) is 11.8 Å². The maximum Gasteiger partial charge on any atom is 0.251 e. The predicted octanol–water partition coefficient (Wildman–Crippen LogP) is 7.98. The number of piperidine rings is 1. The summed E-state index contributed by atoms with van der Waals surface area (Å²) in [7, 11) is 0. The van der Waals surface area contributed by atoms with Crippen molar-refractivity contribution >= 4 is 11.6 Å². The Hall–Kier alpha value is -4.31. The molecule has 4 aromatic carbocycles. The van der Waals surface area contributed by atoms with Gasteiger partial charge in [0, 0.05) is 31.1 Å². The van der Waals surface area contributed by atoms with Crippen molar-refractivity contribution in [1.29, 1.82) is 0 Å². The minimum atomic E-state index is -0.106. The monoisotopic (exact) mass is 516 g/mol. The number of carbonyl (C=O) groups excluding carboxylic acids is 1. The summed E-state index contributed by atoms with van der Waals surface area (Å²) in [5.41, 5.74) is 4.22. The zero-order valence-corrected chi connectivity index (χ0v) is 22.3. The molecule has 0 atom stereocenters. The maximum atomic E-state index is 13.1. The van der Waals surface area contributed by atoms with Crippen LogP contribution in [0.3, 0.4) is 0 Å². The van der Waals surface area contributed by atoms with E-state index in [1.165, 1.54) is 30.4 Å². The molecule has 1 saturated heterocycles. The highest BCUT2D eigenvalue weighted by molar-refractivity contribution is 5.95. The molecule has 1 amide bonds. The van der Waals surface area contributed by atoms with Gasteiger partial charge in [-0.3, -0.25) is 4.79 Å². The van der Waals surface area contributed by atoms with Crippen LogP contribution in [0.2, 0.25) is 0 Å². The second-order valence-corrected chi connectivity index (χ2v) is 9.94. The SMILES string of the molecule is O=C(NC/C=C\CC(c1ccccc1)c1ccccc1)c1ccc(N2CCCCC2)c(Oc2ccccc2)c1. The number of amides is 1. The van der Waals surface area contributed by atoms with Gasteiger partial charge in [-0.25, -0.2) is 0 Å². The first-order valence-electron chi connectivity index (χ1n) is 13.9. The van der Waals surface area contributed by atoms with Gasteiger partial charge in [-0.05, 0) is 67.1 Å². The van der Waals surface area contributed by atoms with Crippen LogP contribution < -0.4 is 15.0 Å². The smallest absolute Gasteiger partial charge is 0.251 e. The average Bonchev–Trinajstić information content (AvgIpc) is 3.00. The number of hydrogen-bond acceptors (Lipinski definition) is 3. The Labute approximate surface area is 232 Å². The van der Waals surface area contributed by atoms with E-state index in [4.69, 9.17) is 4.74 Å². The summed E-state index contributed by atoms with van der Waals surface area (Å²) in [6, 6.07) is 36.7. The lowest BCUT2D eigenvalue weighted by Gasteiger charge is -2.30. The molecule has 0 saturated carbocycles. The number of para-hydroxylation sites is 1. The van der Waals surface area contributed by atoms with Gasteiger partial charge >= 0.3 is 0 Å². The molecule has 5 rings (SSSR count). The van der Waals surface area contributed by atoms with Crippen LogP contribution in [0.15, 0.2) is 121 Å². The number of benzene rings is 4. The molecule has 198 valence electrons. The molecule has 1 aliphatic rings. The Kier molecular flexibility index (Phi) is 9.09. The molecule has 4 nitrogen and oxygen atoms in total. The fraction of sp³-hybridized carbons (Fsp3) is 0.229. The second-order valence-electron chi connectivity index (χ2n) is 9.94. The minimum absolute atomic E-state index is 0.106. The topological polar surface area (TPSA) is 41.6 Å². The number of anilines is 1. The van der Waals surface area contributed by atoms with Gasteiger partial charge in [0.15, 0.2) is 5.75 Å². The van der Waals surface area contributed by atoms with Gasteiger partial charge in [0.2, 0.25) is 0 Å². The van der Waals surface area contributed by atoms with Crippen molar-refractivity contribution in [1.82, 2.24) is 5.32 Å². The van der Waals surface area contributed by atoms with E-state index in [2.05, 4.69) is 64.8 Å². The van der Waals surface area contributed by atoms with E-state index in [0.717, 1.165) is 36.7 Å². The molecule has 0 unspecified atom stereocenters. The summed E-state index contributed by atoms with van der Waals surface area (Å²) in [4.78, 5) is 15.4. The molecule has 1 N–H and O–H groups in total. The number of allylic oxidation sites excluding steroid dienone is 1. The molecule has 1 aliphatic heterocycles. The third kappa shape index (κ3) is 7.17. The highest BCUT2D eigenvalue weighted by Crippen LogP contribution is 2.35. The summed E-state index contributed by atoms with van der Waals surface area (Å²) in [5.74, 6) is 1.66. The number of carbonyl (C=O) groups is 1. The number of nitrogens with one attached hydrogen (secondary N) is 1. The largest absolute Gasteiger partial charge is 0.455 e. The van der Waals surface area contributed by atoms with Gasteiger partial charge in [-0.2, -0.15) is 0 Å². The van der Waals surface area contributed by atoms with Crippen molar-refractivity contribution in [2.24, 2.45) is 0 Å². The van der Waals surface area contributed by atoms with Crippen LogP contribution in [0.1, 0.15) is 53.1 Å². The van der Waals surface area contributed by atoms with E-state index in [9.17, 15) is 4.79 Å². The first kappa shape index (κ1) is 26.3. The molecule has 39 heavy (non-hydrogen) atoms. The van der Waals surface area contributed by atoms with Crippen molar-refractivity contribution in [2.75, 3.05) is 24.5 Å². The number of ether oxygens (including phenoxy) is 1. The standard InChI is InChI=1S/C35H36N2O2/c38-35(36-24-12-11-21-32(28-15-5-1-6-16-28)29-17-7-2-8-18-29)30-22-23-33(37-25-13-4-14-26-37)34(27-30)39-31-19-9-3-10-20-31/h1-3,5-12,15-20,22-23,27,32H,4,13-14,21,24-26H2,(H,36,38)/b12-11-. The zero-order chi connectivity index (χ0) is 26.7. The van der Waals surface area contributed by atoms with E-state index in [0.29, 0.717) is 12.1 Å². The number of nitrogens with zero attached hydrogens (tertiary/aromatic N) is 1. The molecule has 0 spiro atoms. The fourth-order valence-corrected chi connectivity index (χ4v) is 5.15. The molecular formula is C35H36N2O2. The first-order chi connectivity index (χ1) is 19.3. The van der Waals surface area contributed by atoms with Gasteiger partial charge in [0.1, 0.15) is 5.75 Å². The van der Waals surface area contributed by atoms with E-state index >= 15 is 0 Å². The van der Waals surface area contributed by atoms with Crippen LogP contribution in [0.4, 0.5) is 5.69 Å². The van der Waals surface area contributed by atoms with Crippen molar-refractivity contribution in [3.8, 4) is 11.5 Å². The molecule has 0 aliphatic carbocycles. The van der Waals surface area contributed by atoms with E-state index < -0.39 is 0 Å². The molecule has 1 fully saturated rings. The van der Waals surface area contributed by atoms with Crippen LogP contribution in [0.5, 0.6) is 11.5 Å². The fourth-order valence-electron chi connectivity index (χ4n) is 5.15. The second kappa shape index (κ2) is 13.5. The predicted molar refractivity (Wildman–Crippen MR) is 160 cm³/mol. The van der Waals surface area contributed by atoms with Crippen LogP contribution in [-0.2, 0) is 0 Å². The Morgan fingerprint density at radius 2 is 1.38 bits per heavy atom. The van der Waals surface area contributed by atoms with Crippen molar-refractivity contribution < 1.29 is 9.53 Å². The maximum absolute atomic E-state index is 13.1.